The maximum Gasteiger partial charge on any atom is 0.227 e. The average Bonchev–Trinajstić information content (AvgIpc) is 3.01. The fourth-order valence-corrected chi connectivity index (χ4v) is 3.21. The summed E-state index contributed by atoms with van der Waals surface area (Å²) in [5.74, 6) is 0.456. The summed E-state index contributed by atoms with van der Waals surface area (Å²) in [6, 6.07) is 7.42. The van der Waals surface area contributed by atoms with Crippen LogP contribution in [0.25, 0.3) is 0 Å². The molecule has 0 radical (unpaired) electrons. The Labute approximate surface area is 162 Å². The van der Waals surface area contributed by atoms with E-state index in [1.165, 1.54) is 0 Å². The van der Waals surface area contributed by atoms with Gasteiger partial charge >= 0.3 is 0 Å². The molecule has 1 saturated heterocycles. The van der Waals surface area contributed by atoms with Crippen molar-refractivity contribution in [2.24, 2.45) is 0 Å². The van der Waals surface area contributed by atoms with E-state index < -0.39 is 0 Å². The van der Waals surface area contributed by atoms with Gasteiger partial charge in [-0.1, -0.05) is 34.4 Å². The number of rotatable bonds is 6. The van der Waals surface area contributed by atoms with Gasteiger partial charge in [-0.15, -0.1) is 0 Å². The van der Waals surface area contributed by atoms with Gasteiger partial charge in [0, 0.05) is 32.2 Å². The average molecular weight is 398 g/mol. The van der Waals surface area contributed by atoms with E-state index in [0.717, 1.165) is 30.9 Å². The molecule has 1 amide bonds. The number of hydrogen-bond donors (Lipinski definition) is 1. The van der Waals surface area contributed by atoms with Crippen molar-refractivity contribution in [3.05, 3.63) is 51.3 Å². The molecule has 2 aromatic rings. The number of amides is 1. The summed E-state index contributed by atoms with van der Waals surface area (Å²) in [4.78, 5) is 14.3. The molecule has 1 aromatic carbocycles. The van der Waals surface area contributed by atoms with E-state index in [2.05, 4.69) is 15.4 Å². The minimum Gasteiger partial charge on any atom is -0.374 e. The minimum absolute atomic E-state index is 0.0491. The minimum atomic E-state index is -0.105. The maximum absolute atomic E-state index is 12.0. The van der Waals surface area contributed by atoms with Crippen molar-refractivity contribution < 1.29 is 14.1 Å². The third-order valence-corrected chi connectivity index (χ3v) is 4.89. The molecule has 0 aliphatic carbocycles. The van der Waals surface area contributed by atoms with Gasteiger partial charge in [-0.25, -0.2) is 0 Å². The van der Waals surface area contributed by atoms with E-state index in [0.29, 0.717) is 29.0 Å². The SMILES string of the molecule is Cc1cc(CC(=O)NC[C@H]2CN(Cc3ccc(Cl)c(Cl)c3)CCO2)on1. The van der Waals surface area contributed by atoms with Crippen LogP contribution < -0.4 is 5.32 Å². The summed E-state index contributed by atoms with van der Waals surface area (Å²) >= 11 is 12.0. The molecule has 2 heterocycles. The Morgan fingerprint density at radius 2 is 2.19 bits per heavy atom. The summed E-state index contributed by atoms with van der Waals surface area (Å²) in [7, 11) is 0. The Kier molecular flexibility index (Phi) is 6.53. The number of aromatic nitrogens is 1. The van der Waals surface area contributed by atoms with Crippen LogP contribution in [0.4, 0.5) is 0 Å². The molecule has 26 heavy (non-hydrogen) atoms. The van der Waals surface area contributed by atoms with E-state index in [4.69, 9.17) is 32.5 Å². The Hall–Kier alpha value is -1.60. The topological polar surface area (TPSA) is 67.6 Å². The van der Waals surface area contributed by atoms with Crippen molar-refractivity contribution in [1.82, 2.24) is 15.4 Å². The van der Waals surface area contributed by atoms with E-state index in [9.17, 15) is 4.79 Å². The molecule has 0 spiro atoms. The summed E-state index contributed by atoms with van der Waals surface area (Å²) in [5.41, 5.74) is 1.87. The lowest BCUT2D eigenvalue weighted by atomic mass is 10.2. The first-order valence-corrected chi connectivity index (χ1v) is 9.22. The lowest BCUT2D eigenvalue weighted by molar-refractivity contribution is -0.122. The monoisotopic (exact) mass is 397 g/mol. The molecule has 0 bridgehead atoms. The highest BCUT2D eigenvalue weighted by Crippen LogP contribution is 2.23. The second-order valence-corrected chi connectivity index (χ2v) is 7.21. The summed E-state index contributed by atoms with van der Waals surface area (Å²) in [6.45, 7) is 5.25. The Morgan fingerprint density at radius 3 is 2.92 bits per heavy atom. The van der Waals surface area contributed by atoms with Crippen LogP contribution in [-0.2, 0) is 22.5 Å². The van der Waals surface area contributed by atoms with Crippen molar-refractivity contribution in [1.29, 1.82) is 0 Å². The van der Waals surface area contributed by atoms with Crippen LogP contribution in [0.15, 0.2) is 28.8 Å². The van der Waals surface area contributed by atoms with E-state index >= 15 is 0 Å². The number of benzene rings is 1. The van der Waals surface area contributed by atoms with E-state index in [1.807, 2.05) is 25.1 Å². The van der Waals surface area contributed by atoms with Crippen molar-refractivity contribution in [3.8, 4) is 0 Å². The fourth-order valence-electron chi connectivity index (χ4n) is 2.89. The number of carbonyl (C=O) groups excluding carboxylic acids is 1. The highest BCUT2D eigenvalue weighted by atomic mass is 35.5. The second-order valence-electron chi connectivity index (χ2n) is 6.39. The summed E-state index contributed by atoms with van der Waals surface area (Å²) in [5, 5.41) is 7.79. The number of aryl methyl sites for hydroxylation is 1. The Balaban J connectivity index is 1.45. The molecule has 1 aromatic heterocycles. The predicted octanol–water partition coefficient (Wildman–Crippen LogP) is 2.85. The third-order valence-electron chi connectivity index (χ3n) is 4.15. The zero-order valence-electron chi connectivity index (χ0n) is 14.5. The Morgan fingerprint density at radius 1 is 1.35 bits per heavy atom. The van der Waals surface area contributed by atoms with Crippen molar-refractivity contribution in [2.45, 2.75) is 26.0 Å². The van der Waals surface area contributed by atoms with Crippen LogP contribution in [0.5, 0.6) is 0 Å². The van der Waals surface area contributed by atoms with Crippen molar-refractivity contribution in [3.63, 3.8) is 0 Å². The standard InChI is InChI=1S/C18H21Cl2N3O3/c1-12-6-14(26-22-12)8-18(24)21-9-15-11-23(4-5-25-15)10-13-2-3-16(19)17(20)7-13/h2-3,6-7,15H,4-5,8-11H2,1H3,(H,21,24)/t15-/m0/s1. The van der Waals surface area contributed by atoms with Gasteiger partial charge in [0.1, 0.15) is 5.76 Å². The first-order valence-electron chi connectivity index (χ1n) is 8.46. The highest BCUT2D eigenvalue weighted by molar-refractivity contribution is 6.42. The van der Waals surface area contributed by atoms with E-state index in [1.54, 1.807) is 6.07 Å². The van der Waals surface area contributed by atoms with Crippen LogP contribution >= 0.6 is 23.2 Å². The molecule has 140 valence electrons. The molecule has 0 unspecified atom stereocenters. The highest BCUT2D eigenvalue weighted by Gasteiger charge is 2.21. The van der Waals surface area contributed by atoms with Crippen LogP contribution in [-0.4, -0.2) is 48.3 Å². The number of hydrogen-bond acceptors (Lipinski definition) is 5. The largest absolute Gasteiger partial charge is 0.374 e. The van der Waals surface area contributed by atoms with Crippen molar-refractivity contribution in [2.75, 3.05) is 26.2 Å². The van der Waals surface area contributed by atoms with Gasteiger partial charge in [0.2, 0.25) is 5.91 Å². The molecular weight excluding hydrogens is 377 g/mol. The number of morpholine rings is 1. The normalized spacial score (nSPS) is 18.0. The first kappa shape index (κ1) is 19.2. The van der Waals surface area contributed by atoms with Gasteiger partial charge in [-0.3, -0.25) is 9.69 Å². The number of carbonyl (C=O) groups is 1. The lowest BCUT2D eigenvalue weighted by Crippen LogP contribution is -2.47. The molecule has 0 saturated carbocycles. The quantitative estimate of drug-likeness (QED) is 0.811. The van der Waals surface area contributed by atoms with Gasteiger partial charge in [0.25, 0.3) is 0 Å². The van der Waals surface area contributed by atoms with Crippen LogP contribution in [0, 0.1) is 6.92 Å². The second kappa shape index (κ2) is 8.86. The lowest BCUT2D eigenvalue weighted by Gasteiger charge is -2.33. The van der Waals surface area contributed by atoms with E-state index in [-0.39, 0.29) is 18.4 Å². The maximum atomic E-state index is 12.0. The van der Waals surface area contributed by atoms with Crippen LogP contribution in [0.1, 0.15) is 17.0 Å². The molecule has 3 rings (SSSR count). The molecule has 1 atom stereocenters. The number of nitrogens with one attached hydrogen (secondary N) is 1. The number of nitrogens with zero attached hydrogens (tertiary/aromatic N) is 2. The first-order chi connectivity index (χ1) is 12.5. The molecule has 1 N–H and O–H groups in total. The van der Waals surface area contributed by atoms with Crippen LogP contribution in [0.2, 0.25) is 10.0 Å². The number of ether oxygens (including phenoxy) is 1. The predicted molar refractivity (Wildman–Crippen MR) is 99.4 cm³/mol. The fraction of sp³-hybridized carbons (Fsp3) is 0.444. The summed E-state index contributed by atoms with van der Waals surface area (Å²) < 4.78 is 10.8. The van der Waals surface area contributed by atoms with Gasteiger partial charge in [0.15, 0.2) is 0 Å². The van der Waals surface area contributed by atoms with Crippen LogP contribution in [0.3, 0.4) is 0 Å². The Bertz CT molecular complexity index is 766. The molecule has 1 aliphatic rings. The molecule has 6 nitrogen and oxygen atoms in total. The molecule has 1 aliphatic heterocycles. The summed E-state index contributed by atoms with van der Waals surface area (Å²) in [6.07, 6.45) is 0.132. The molecule has 8 heteroatoms. The molecule has 1 fully saturated rings. The van der Waals surface area contributed by atoms with Gasteiger partial charge in [-0.2, -0.15) is 0 Å². The van der Waals surface area contributed by atoms with Gasteiger partial charge in [0.05, 0.1) is 34.9 Å². The van der Waals surface area contributed by atoms with Gasteiger partial charge in [-0.05, 0) is 24.6 Å². The van der Waals surface area contributed by atoms with Crippen molar-refractivity contribution >= 4 is 29.1 Å². The number of halogens is 2. The third kappa shape index (κ3) is 5.45. The zero-order valence-corrected chi connectivity index (χ0v) is 16.0. The zero-order chi connectivity index (χ0) is 18.5. The van der Waals surface area contributed by atoms with Gasteiger partial charge < -0.3 is 14.6 Å². The smallest absolute Gasteiger partial charge is 0.227 e. The molecular formula is C18H21Cl2N3O3.